The fraction of sp³-hybridized carbons (Fsp3) is 0.440. The minimum Gasteiger partial charge on any atom is -0.475 e. The molecule has 1 amide bonds. The van der Waals surface area contributed by atoms with Crippen LogP contribution in [-0.2, 0) is 4.79 Å². The smallest absolute Gasteiger partial charge is 0.475 e. The van der Waals surface area contributed by atoms with Crippen molar-refractivity contribution in [2.24, 2.45) is 0 Å². The van der Waals surface area contributed by atoms with E-state index in [1.165, 1.54) is 25.9 Å². The van der Waals surface area contributed by atoms with E-state index in [2.05, 4.69) is 21.2 Å². The van der Waals surface area contributed by atoms with Crippen molar-refractivity contribution in [3.05, 3.63) is 47.3 Å². The number of benzene rings is 1. The number of pyridine rings is 1. The Morgan fingerprint density at radius 3 is 2.44 bits per heavy atom. The molecule has 1 aromatic carbocycles. The van der Waals surface area contributed by atoms with Gasteiger partial charge in [-0.1, -0.05) is 11.6 Å². The minimum atomic E-state index is -5.08. The zero-order chi connectivity index (χ0) is 26.5. The molecule has 2 aromatic heterocycles. The van der Waals surface area contributed by atoms with Crippen LogP contribution in [0.1, 0.15) is 40.7 Å². The van der Waals surface area contributed by atoms with Crippen molar-refractivity contribution in [2.45, 2.75) is 39.3 Å². The first kappa shape index (κ1) is 27.1. The topological polar surface area (TPSA) is 102 Å². The number of aryl methyl sites for hydroxylation is 1. The molecule has 1 aliphatic rings. The normalized spacial score (nSPS) is 13.9. The van der Waals surface area contributed by atoms with Crippen molar-refractivity contribution in [3.8, 4) is 11.3 Å². The van der Waals surface area contributed by atoms with Crippen LogP contribution < -0.4 is 0 Å². The van der Waals surface area contributed by atoms with Crippen molar-refractivity contribution >= 4 is 22.8 Å². The zero-order valence-corrected chi connectivity index (χ0v) is 20.5. The molecule has 3 heterocycles. The maximum atomic E-state index is 13.5. The summed E-state index contributed by atoms with van der Waals surface area (Å²) in [5, 5.41) is 15.0. The average Bonchev–Trinajstić information content (AvgIpc) is 3.53. The first-order valence-electron chi connectivity index (χ1n) is 11.7. The summed E-state index contributed by atoms with van der Waals surface area (Å²) in [7, 11) is 1.91. The molecule has 0 bridgehead atoms. The molecule has 194 valence electrons. The van der Waals surface area contributed by atoms with E-state index in [1.54, 1.807) is 6.20 Å². The third-order valence-corrected chi connectivity index (χ3v) is 6.13. The van der Waals surface area contributed by atoms with Gasteiger partial charge in [0.05, 0.1) is 23.0 Å². The van der Waals surface area contributed by atoms with E-state index >= 15 is 0 Å². The van der Waals surface area contributed by atoms with Crippen LogP contribution in [0.2, 0.25) is 0 Å². The Hall–Kier alpha value is -3.47. The van der Waals surface area contributed by atoms with Gasteiger partial charge in [0.1, 0.15) is 0 Å². The molecule has 0 unspecified atom stereocenters. The van der Waals surface area contributed by atoms with Crippen LogP contribution in [0.4, 0.5) is 13.2 Å². The van der Waals surface area contributed by atoms with Crippen molar-refractivity contribution in [1.29, 1.82) is 0 Å². The number of rotatable bonds is 6. The van der Waals surface area contributed by atoms with Crippen LogP contribution in [-0.4, -0.2) is 81.4 Å². The number of H-pyrrole nitrogens is 1. The van der Waals surface area contributed by atoms with Crippen LogP contribution in [0.25, 0.3) is 22.2 Å². The van der Waals surface area contributed by atoms with E-state index in [-0.39, 0.29) is 5.91 Å². The zero-order valence-electron chi connectivity index (χ0n) is 20.5. The number of hydrogen-bond acceptors (Lipinski definition) is 5. The summed E-state index contributed by atoms with van der Waals surface area (Å²) in [5.74, 6) is -2.70. The summed E-state index contributed by atoms with van der Waals surface area (Å²) in [4.78, 5) is 31.6. The van der Waals surface area contributed by atoms with Crippen LogP contribution >= 0.6 is 0 Å². The van der Waals surface area contributed by atoms with Gasteiger partial charge in [-0.15, -0.1) is 0 Å². The minimum absolute atomic E-state index is 0.0617. The second-order valence-corrected chi connectivity index (χ2v) is 8.90. The maximum absolute atomic E-state index is 13.5. The number of nitrogens with zero attached hydrogens (tertiary/aromatic N) is 4. The van der Waals surface area contributed by atoms with Gasteiger partial charge in [0.2, 0.25) is 0 Å². The summed E-state index contributed by atoms with van der Waals surface area (Å²) < 4.78 is 31.7. The molecule has 0 saturated carbocycles. The second kappa shape index (κ2) is 11.5. The number of aromatic nitrogens is 3. The van der Waals surface area contributed by atoms with E-state index in [1.807, 2.05) is 44.1 Å². The average molecular weight is 506 g/mol. The van der Waals surface area contributed by atoms with Crippen molar-refractivity contribution < 1.29 is 27.9 Å². The largest absolute Gasteiger partial charge is 0.490 e. The molecule has 11 heteroatoms. The highest BCUT2D eigenvalue weighted by molar-refractivity contribution is 6.09. The SMILES string of the molecule is Cc1ccc2nc(-c3cn[nH]c3)c(C)c(C(=O)N(C)CCCN3CCCC3)c2c1.O=C(O)C(F)(F)F. The quantitative estimate of drug-likeness (QED) is 0.514. The molecule has 8 nitrogen and oxygen atoms in total. The lowest BCUT2D eigenvalue weighted by molar-refractivity contribution is -0.192. The van der Waals surface area contributed by atoms with Gasteiger partial charge in [0.25, 0.3) is 5.91 Å². The van der Waals surface area contributed by atoms with E-state index < -0.39 is 12.1 Å². The molecule has 4 rings (SSSR count). The monoisotopic (exact) mass is 505 g/mol. The molecule has 0 atom stereocenters. The molecule has 3 aromatic rings. The Labute approximate surface area is 207 Å². The van der Waals surface area contributed by atoms with Gasteiger partial charge in [-0.25, -0.2) is 9.78 Å². The standard InChI is InChI=1S/C23H29N5O.C2HF3O2/c1-16-7-8-20-19(13-16)21(17(2)22(26-20)18-14-24-25-15-18)23(29)27(3)9-6-12-28-10-4-5-11-28;3-2(4,5)1(6)7/h7-8,13-15H,4-6,9-12H2,1-3H3,(H,24,25);(H,6,7). The Kier molecular flexibility index (Phi) is 8.67. The molecule has 36 heavy (non-hydrogen) atoms. The number of aromatic amines is 1. The summed E-state index contributed by atoms with van der Waals surface area (Å²) in [6.45, 7) is 8.24. The van der Waals surface area contributed by atoms with E-state index in [0.29, 0.717) is 0 Å². The molecule has 2 N–H and O–H groups in total. The molecule has 1 aliphatic heterocycles. The Morgan fingerprint density at radius 1 is 1.19 bits per heavy atom. The number of carbonyl (C=O) groups is 2. The molecule has 1 fully saturated rings. The van der Waals surface area contributed by atoms with Crippen molar-refractivity contribution in [2.75, 3.05) is 33.2 Å². The van der Waals surface area contributed by atoms with Crippen molar-refractivity contribution in [1.82, 2.24) is 25.0 Å². The van der Waals surface area contributed by atoms with Crippen LogP contribution in [0.5, 0.6) is 0 Å². The number of aliphatic carboxylic acids is 1. The molecule has 0 radical (unpaired) electrons. The van der Waals surface area contributed by atoms with Gasteiger partial charge in [-0.2, -0.15) is 18.3 Å². The van der Waals surface area contributed by atoms with Crippen LogP contribution in [0.3, 0.4) is 0 Å². The highest BCUT2D eigenvalue weighted by atomic mass is 19.4. The van der Waals surface area contributed by atoms with Crippen LogP contribution in [0.15, 0.2) is 30.6 Å². The van der Waals surface area contributed by atoms with Gasteiger partial charge in [0, 0.05) is 30.7 Å². The van der Waals surface area contributed by atoms with Crippen molar-refractivity contribution in [3.63, 3.8) is 0 Å². The number of hydrogen-bond donors (Lipinski definition) is 2. The molecule has 0 spiro atoms. The Balaban J connectivity index is 0.000000454. The van der Waals surface area contributed by atoms with Gasteiger partial charge >= 0.3 is 12.1 Å². The van der Waals surface area contributed by atoms with Gasteiger partial charge < -0.3 is 14.9 Å². The maximum Gasteiger partial charge on any atom is 0.490 e. The number of fused-ring (bicyclic) bond motifs is 1. The molecular weight excluding hydrogens is 475 g/mol. The summed E-state index contributed by atoms with van der Waals surface area (Å²) in [6, 6.07) is 6.11. The first-order valence-corrected chi connectivity index (χ1v) is 11.7. The Morgan fingerprint density at radius 2 is 1.86 bits per heavy atom. The third kappa shape index (κ3) is 6.60. The number of nitrogens with one attached hydrogen (secondary N) is 1. The number of halogens is 3. The highest BCUT2D eigenvalue weighted by Crippen LogP contribution is 2.30. The lowest BCUT2D eigenvalue weighted by Crippen LogP contribution is -2.31. The van der Waals surface area contributed by atoms with E-state index in [4.69, 9.17) is 14.9 Å². The molecule has 1 saturated heterocycles. The second-order valence-electron chi connectivity index (χ2n) is 8.90. The van der Waals surface area contributed by atoms with Gasteiger partial charge in [-0.05, 0) is 70.4 Å². The Bertz CT molecular complexity index is 1210. The molecule has 0 aliphatic carbocycles. The fourth-order valence-electron chi connectivity index (χ4n) is 4.24. The van der Waals surface area contributed by atoms with E-state index in [9.17, 15) is 18.0 Å². The predicted octanol–water partition coefficient (Wildman–Crippen LogP) is 4.43. The highest BCUT2D eigenvalue weighted by Gasteiger charge is 2.38. The molecular formula is C25H30F3N5O3. The first-order chi connectivity index (χ1) is 17.0. The summed E-state index contributed by atoms with van der Waals surface area (Å²) in [5.41, 5.74) is 5.32. The lowest BCUT2D eigenvalue weighted by atomic mass is 9.97. The third-order valence-electron chi connectivity index (χ3n) is 6.13. The number of amides is 1. The number of carbonyl (C=O) groups excluding carboxylic acids is 1. The summed E-state index contributed by atoms with van der Waals surface area (Å²) >= 11 is 0. The number of carboxylic acids is 1. The van der Waals surface area contributed by atoms with Gasteiger partial charge in [0.15, 0.2) is 0 Å². The fourth-order valence-corrected chi connectivity index (χ4v) is 4.24. The van der Waals surface area contributed by atoms with Gasteiger partial charge in [-0.3, -0.25) is 9.89 Å². The number of carboxylic acid groups (broad SMARTS) is 1. The number of alkyl halides is 3. The lowest BCUT2D eigenvalue weighted by Gasteiger charge is -2.22. The van der Waals surface area contributed by atoms with Crippen LogP contribution in [0, 0.1) is 13.8 Å². The van der Waals surface area contributed by atoms with E-state index in [0.717, 1.165) is 58.4 Å². The summed E-state index contributed by atoms with van der Waals surface area (Å²) in [6.07, 6.45) is 2.09. The number of likely N-dealkylation sites (tertiary alicyclic amines) is 1. The predicted molar refractivity (Wildman–Crippen MR) is 130 cm³/mol.